The third kappa shape index (κ3) is 2.50. The maximum Gasteiger partial charge on any atom is 0.510 e. The molecular formula is C25H32O5. The van der Waals surface area contributed by atoms with Crippen molar-refractivity contribution in [3.8, 4) is 0 Å². The molecule has 0 spiro atoms. The summed E-state index contributed by atoms with van der Waals surface area (Å²) in [4.78, 5) is 22.9. The number of carbonyl (C=O) groups is 2. The summed E-state index contributed by atoms with van der Waals surface area (Å²) in [5.74, 6) is 4.84. The molecule has 0 aromatic rings. The molecule has 5 fully saturated rings. The molecule has 0 aliphatic heterocycles. The lowest BCUT2D eigenvalue weighted by molar-refractivity contribution is -0.130. The highest BCUT2D eigenvalue weighted by Gasteiger charge is 2.76. The van der Waals surface area contributed by atoms with Crippen LogP contribution in [-0.4, -0.2) is 27.8 Å². The van der Waals surface area contributed by atoms with Gasteiger partial charge in [0.15, 0.2) is 5.78 Å². The minimum atomic E-state index is -1.34. The predicted octanol–water partition coefficient (Wildman–Crippen LogP) is 4.56. The second-order valence-electron chi connectivity index (χ2n) is 11.3. The molecule has 6 aliphatic carbocycles. The topological polar surface area (TPSA) is 83.8 Å². The van der Waals surface area contributed by atoms with Gasteiger partial charge in [0.25, 0.3) is 0 Å². The number of ketones is 1. The van der Waals surface area contributed by atoms with E-state index in [0.717, 1.165) is 38.0 Å². The van der Waals surface area contributed by atoms with Gasteiger partial charge in [-0.2, -0.15) is 0 Å². The van der Waals surface area contributed by atoms with Crippen molar-refractivity contribution < 1.29 is 24.5 Å². The van der Waals surface area contributed by atoms with Crippen molar-refractivity contribution in [2.45, 2.75) is 63.9 Å². The molecule has 0 saturated heterocycles. The lowest BCUT2D eigenvalue weighted by Gasteiger charge is -2.59. The van der Waals surface area contributed by atoms with Gasteiger partial charge in [-0.15, -0.1) is 0 Å². The largest absolute Gasteiger partial charge is 0.510 e. The quantitative estimate of drug-likeness (QED) is 0.524. The van der Waals surface area contributed by atoms with Crippen molar-refractivity contribution in [1.82, 2.24) is 0 Å². The molecule has 5 heteroatoms. The van der Waals surface area contributed by atoms with Gasteiger partial charge in [-0.3, -0.25) is 4.79 Å². The summed E-state index contributed by atoms with van der Waals surface area (Å²) in [5.41, 5.74) is 0.234. The molecule has 0 amide bonds. The van der Waals surface area contributed by atoms with Crippen LogP contribution in [0.25, 0.3) is 0 Å². The number of allylic oxidation sites excluding steroid dienone is 1. The van der Waals surface area contributed by atoms with Crippen LogP contribution >= 0.6 is 0 Å². The zero-order chi connectivity index (χ0) is 20.8. The van der Waals surface area contributed by atoms with Gasteiger partial charge in [0.1, 0.15) is 0 Å². The van der Waals surface area contributed by atoms with Crippen LogP contribution < -0.4 is 0 Å². The first-order chi connectivity index (χ1) is 14.3. The SMILES string of the molecule is C[C@]12CC[C@H]3[C@H]([C@@H]1[C@@H]1C[C@@H]1[C@@]2(O)/C=C\OC(=O)O)[C@H](C1CC1)CC1=CC(=O)CC[C@@H]13. The maximum atomic E-state index is 12.1. The molecule has 2 N–H and O–H groups in total. The van der Waals surface area contributed by atoms with E-state index in [1.165, 1.54) is 24.7 Å². The molecule has 0 aromatic heterocycles. The minimum Gasteiger partial charge on any atom is -0.449 e. The van der Waals surface area contributed by atoms with E-state index in [4.69, 9.17) is 5.11 Å². The Bertz CT molecular complexity index is 856. The summed E-state index contributed by atoms with van der Waals surface area (Å²) in [6, 6.07) is 0. The van der Waals surface area contributed by atoms with Crippen LogP contribution in [0.15, 0.2) is 24.0 Å². The Balaban J connectivity index is 1.37. The smallest absolute Gasteiger partial charge is 0.449 e. The lowest BCUT2D eigenvalue weighted by Crippen LogP contribution is -2.56. The summed E-state index contributed by atoms with van der Waals surface area (Å²) in [6.45, 7) is 2.25. The highest BCUT2D eigenvalue weighted by atomic mass is 16.7. The van der Waals surface area contributed by atoms with Gasteiger partial charge in [0.05, 0.1) is 11.9 Å². The highest BCUT2D eigenvalue weighted by molar-refractivity contribution is 5.91. The van der Waals surface area contributed by atoms with E-state index in [-0.39, 0.29) is 11.3 Å². The summed E-state index contributed by atoms with van der Waals surface area (Å²) in [5, 5.41) is 20.7. The molecule has 0 heterocycles. The molecule has 6 rings (SSSR count). The van der Waals surface area contributed by atoms with Crippen LogP contribution in [0.1, 0.15) is 58.3 Å². The highest BCUT2D eigenvalue weighted by Crippen LogP contribution is 2.77. The van der Waals surface area contributed by atoms with Crippen LogP contribution in [0.2, 0.25) is 0 Å². The zero-order valence-corrected chi connectivity index (χ0v) is 17.6. The molecular weight excluding hydrogens is 380 g/mol. The number of ether oxygens (including phenoxy) is 1. The Morgan fingerprint density at radius 1 is 1.20 bits per heavy atom. The number of fused-ring (bicyclic) bond motifs is 7. The van der Waals surface area contributed by atoms with Crippen LogP contribution in [0.5, 0.6) is 0 Å². The van der Waals surface area contributed by atoms with Gasteiger partial charge >= 0.3 is 6.16 Å². The van der Waals surface area contributed by atoms with E-state index >= 15 is 0 Å². The Morgan fingerprint density at radius 3 is 2.73 bits per heavy atom. The molecule has 5 nitrogen and oxygen atoms in total. The molecule has 6 aliphatic rings. The van der Waals surface area contributed by atoms with E-state index in [1.807, 2.05) is 6.08 Å². The number of aliphatic hydroxyl groups is 1. The van der Waals surface area contributed by atoms with E-state index in [2.05, 4.69) is 11.7 Å². The van der Waals surface area contributed by atoms with Crippen molar-refractivity contribution in [3.63, 3.8) is 0 Å². The molecule has 0 radical (unpaired) electrons. The summed E-state index contributed by atoms with van der Waals surface area (Å²) in [7, 11) is 0. The first-order valence-corrected chi connectivity index (χ1v) is 11.9. The number of rotatable bonds is 3. The van der Waals surface area contributed by atoms with Crippen molar-refractivity contribution >= 4 is 11.9 Å². The van der Waals surface area contributed by atoms with Crippen LogP contribution in [0.4, 0.5) is 4.79 Å². The molecule has 5 saturated carbocycles. The molecule has 0 aromatic carbocycles. The number of carbonyl (C=O) groups excluding carboxylic acids is 1. The van der Waals surface area contributed by atoms with E-state index < -0.39 is 11.8 Å². The van der Waals surface area contributed by atoms with E-state index in [9.17, 15) is 14.7 Å². The Kier molecular flexibility index (Phi) is 3.95. The predicted molar refractivity (Wildman–Crippen MR) is 109 cm³/mol. The normalized spacial score (nSPS) is 51.5. The monoisotopic (exact) mass is 412 g/mol. The second kappa shape index (κ2) is 6.21. The molecule has 162 valence electrons. The van der Waals surface area contributed by atoms with Gasteiger partial charge in [-0.1, -0.05) is 12.5 Å². The fraction of sp³-hybridized carbons (Fsp3) is 0.760. The average molecular weight is 413 g/mol. The van der Waals surface area contributed by atoms with Crippen molar-refractivity contribution in [1.29, 1.82) is 0 Å². The summed E-state index contributed by atoms with van der Waals surface area (Å²) in [6.07, 6.45) is 12.0. The third-order valence-corrected chi connectivity index (χ3v) is 10.1. The summed E-state index contributed by atoms with van der Waals surface area (Å²) < 4.78 is 4.65. The lowest BCUT2D eigenvalue weighted by atomic mass is 9.46. The maximum absolute atomic E-state index is 12.1. The van der Waals surface area contributed by atoms with Crippen molar-refractivity contribution in [2.24, 2.45) is 52.8 Å². The van der Waals surface area contributed by atoms with Crippen LogP contribution in [-0.2, 0) is 9.53 Å². The second-order valence-corrected chi connectivity index (χ2v) is 11.3. The Morgan fingerprint density at radius 2 is 2.00 bits per heavy atom. The Hall–Kier alpha value is -1.62. The molecule has 30 heavy (non-hydrogen) atoms. The van der Waals surface area contributed by atoms with Gasteiger partial charge in [0, 0.05) is 11.8 Å². The van der Waals surface area contributed by atoms with Gasteiger partial charge < -0.3 is 14.9 Å². The number of hydrogen-bond acceptors (Lipinski definition) is 4. The first kappa shape index (κ1) is 19.1. The molecule has 9 atom stereocenters. The van der Waals surface area contributed by atoms with Gasteiger partial charge in [-0.25, -0.2) is 4.79 Å². The first-order valence-electron chi connectivity index (χ1n) is 11.9. The van der Waals surface area contributed by atoms with Gasteiger partial charge in [-0.05, 0) is 104 Å². The van der Waals surface area contributed by atoms with E-state index in [0.29, 0.717) is 47.7 Å². The standard InChI is InChI=1S/C25H32O5/c1-24-7-6-17-16-5-4-15(26)10-14(16)11-18(13-2-3-13)21(17)22(24)19-12-20(19)25(24,29)8-9-30-23(27)28/h8-10,13,16-22,29H,2-7,11-12H2,1H3,(H,27,28)/b9-8-/t16-,17+,18-,19+,20-,21-,22-,24-,25-/m0/s1. The van der Waals surface area contributed by atoms with Crippen molar-refractivity contribution in [2.75, 3.05) is 0 Å². The molecule has 0 bridgehead atoms. The summed E-state index contributed by atoms with van der Waals surface area (Å²) >= 11 is 0. The van der Waals surface area contributed by atoms with E-state index in [1.54, 1.807) is 6.08 Å². The third-order valence-electron chi connectivity index (χ3n) is 10.1. The molecule has 0 unspecified atom stereocenters. The minimum absolute atomic E-state index is 0.223. The fourth-order valence-electron chi connectivity index (χ4n) is 8.83. The fourth-order valence-corrected chi connectivity index (χ4v) is 8.83. The average Bonchev–Trinajstić information content (AvgIpc) is 3.59. The number of hydrogen-bond donors (Lipinski definition) is 2. The van der Waals surface area contributed by atoms with Crippen LogP contribution in [0, 0.1) is 52.8 Å². The zero-order valence-electron chi connectivity index (χ0n) is 17.6. The Labute approximate surface area is 177 Å². The van der Waals surface area contributed by atoms with Crippen LogP contribution in [0.3, 0.4) is 0 Å². The van der Waals surface area contributed by atoms with Crippen molar-refractivity contribution in [3.05, 3.63) is 24.0 Å². The number of carboxylic acid groups (broad SMARTS) is 1. The van der Waals surface area contributed by atoms with Gasteiger partial charge in [0.2, 0.25) is 0 Å².